The molecule has 0 atom stereocenters. The molecule has 0 aromatic rings. The predicted molar refractivity (Wildman–Crippen MR) is 48.5 cm³/mol. The van der Waals surface area contributed by atoms with Crippen molar-refractivity contribution >= 4 is 18.8 Å². The Hall–Kier alpha value is 0.748. The average molecular weight is 374 g/mol. The normalized spacial score (nSPS) is 19.5. The van der Waals surface area contributed by atoms with E-state index < -0.39 is 16.5 Å². The molecule has 1 aliphatic rings. The molecule has 0 nitrogen and oxygen atoms in total. The van der Waals surface area contributed by atoms with E-state index in [2.05, 4.69) is 24.3 Å². The van der Waals surface area contributed by atoms with Gasteiger partial charge < -0.3 is 0 Å². The third-order valence-corrected chi connectivity index (χ3v) is 1.35. The van der Waals surface area contributed by atoms with Gasteiger partial charge in [0.1, 0.15) is 0 Å². The number of allylic oxidation sites excluding steroid dienone is 4. The SMILES string of the molecule is C1=CCCC/C=C\C1.[Cl][Pt][Cl]. The Morgan fingerprint density at radius 3 is 1.82 bits per heavy atom. The van der Waals surface area contributed by atoms with Crippen molar-refractivity contribution in [2.45, 2.75) is 25.7 Å². The number of hydrogen-bond acceptors (Lipinski definition) is 0. The second-order valence-electron chi connectivity index (χ2n) is 2.15. The summed E-state index contributed by atoms with van der Waals surface area (Å²) in [5.74, 6) is 0. The van der Waals surface area contributed by atoms with Crippen LogP contribution in [0.15, 0.2) is 24.3 Å². The van der Waals surface area contributed by atoms with E-state index in [0.29, 0.717) is 0 Å². The first-order valence-electron chi connectivity index (χ1n) is 3.54. The average Bonchev–Trinajstić information content (AvgIpc) is 1.86. The van der Waals surface area contributed by atoms with Crippen LogP contribution in [0.5, 0.6) is 0 Å². The molecule has 0 amide bonds. The molecular weight excluding hydrogens is 362 g/mol. The molecule has 11 heavy (non-hydrogen) atoms. The van der Waals surface area contributed by atoms with E-state index in [9.17, 15) is 0 Å². The first-order chi connectivity index (χ1) is 5.41. The van der Waals surface area contributed by atoms with Crippen LogP contribution in [0.25, 0.3) is 0 Å². The third-order valence-electron chi connectivity index (χ3n) is 1.35. The Morgan fingerprint density at radius 2 is 1.36 bits per heavy atom. The maximum atomic E-state index is 4.88. The van der Waals surface area contributed by atoms with Gasteiger partial charge >= 0.3 is 35.3 Å². The van der Waals surface area contributed by atoms with Crippen molar-refractivity contribution in [3.05, 3.63) is 24.3 Å². The molecule has 0 aromatic heterocycles. The van der Waals surface area contributed by atoms with Crippen molar-refractivity contribution in [3.8, 4) is 0 Å². The van der Waals surface area contributed by atoms with E-state index >= 15 is 0 Å². The molecule has 0 radical (unpaired) electrons. The van der Waals surface area contributed by atoms with Gasteiger partial charge in [0.05, 0.1) is 0 Å². The van der Waals surface area contributed by atoms with Crippen molar-refractivity contribution in [2.75, 3.05) is 0 Å². The van der Waals surface area contributed by atoms with Crippen molar-refractivity contribution in [1.29, 1.82) is 0 Å². The predicted octanol–water partition coefficient (Wildman–Crippen LogP) is 4.05. The second-order valence-corrected chi connectivity index (χ2v) is 5.44. The Morgan fingerprint density at radius 1 is 0.909 bits per heavy atom. The fraction of sp³-hybridized carbons (Fsp3) is 0.500. The molecule has 1 rings (SSSR count). The van der Waals surface area contributed by atoms with Crippen molar-refractivity contribution in [2.24, 2.45) is 0 Å². The minimum atomic E-state index is -0.472. The molecule has 0 heterocycles. The summed E-state index contributed by atoms with van der Waals surface area (Å²) in [6, 6.07) is 0. The van der Waals surface area contributed by atoms with Gasteiger partial charge in [-0.05, 0) is 25.7 Å². The molecule has 0 N–H and O–H groups in total. The quantitative estimate of drug-likeness (QED) is 0.562. The first-order valence-corrected chi connectivity index (χ1v) is 9.17. The van der Waals surface area contributed by atoms with Crippen LogP contribution < -0.4 is 0 Å². The van der Waals surface area contributed by atoms with Gasteiger partial charge in [-0.1, -0.05) is 24.3 Å². The Bertz CT molecular complexity index is 109. The van der Waals surface area contributed by atoms with Crippen LogP contribution in [-0.4, -0.2) is 0 Å². The van der Waals surface area contributed by atoms with Crippen molar-refractivity contribution in [3.63, 3.8) is 0 Å². The van der Waals surface area contributed by atoms with Crippen LogP contribution in [0.1, 0.15) is 25.7 Å². The van der Waals surface area contributed by atoms with Gasteiger partial charge in [0, 0.05) is 0 Å². The van der Waals surface area contributed by atoms with Gasteiger partial charge in [0.25, 0.3) is 0 Å². The zero-order chi connectivity index (χ0) is 8.36. The molecule has 0 saturated carbocycles. The molecule has 0 fully saturated rings. The summed E-state index contributed by atoms with van der Waals surface area (Å²) in [4.78, 5) is 0. The van der Waals surface area contributed by atoms with Crippen LogP contribution in [0.2, 0.25) is 0 Å². The van der Waals surface area contributed by atoms with Gasteiger partial charge in [-0.3, -0.25) is 0 Å². The van der Waals surface area contributed by atoms with Gasteiger partial charge in [0.2, 0.25) is 0 Å². The van der Waals surface area contributed by atoms with Gasteiger partial charge in [0.15, 0.2) is 0 Å². The number of rotatable bonds is 0. The zero-order valence-electron chi connectivity index (χ0n) is 6.21. The van der Waals surface area contributed by atoms with Crippen LogP contribution in [-0.2, 0) is 16.5 Å². The summed E-state index contributed by atoms with van der Waals surface area (Å²) in [7, 11) is 9.75. The van der Waals surface area contributed by atoms with Gasteiger partial charge in [-0.15, -0.1) is 0 Å². The van der Waals surface area contributed by atoms with Gasteiger partial charge in [-0.2, -0.15) is 0 Å². The summed E-state index contributed by atoms with van der Waals surface area (Å²) in [5, 5.41) is 0. The van der Waals surface area contributed by atoms with E-state index in [0.717, 1.165) is 6.42 Å². The summed E-state index contributed by atoms with van der Waals surface area (Å²) in [5.41, 5.74) is 0. The monoisotopic (exact) mass is 373 g/mol. The van der Waals surface area contributed by atoms with Crippen molar-refractivity contribution < 1.29 is 16.5 Å². The van der Waals surface area contributed by atoms with Crippen LogP contribution in [0, 0.1) is 0 Å². The Labute approximate surface area is 85.0 Å². The minimum absolute atomic E-state index is 0.472. The molecule has 1 aliphatic carbocycles. The summed E-state index contributed by atoms with van der Waals surface area (Å²) >= 11 is -0.472. The van der Waals surface area contributed by atoms with E-state index in [1.54, 1.807) is 0 Å². The summed E-state index contributed by atoms with van der Waals surface area (Å²) in [6.07, 6.45) is 14.0. The molecule has 0 saturated heterocycles. The summed E-state index contributed by atoms with van der Waals surface area (Å²) in [6.45, 7) is 0. The zero-order valence-corrected chi connectivity index (χ0v) is 9.99. The number of hydrogen-bond donors (Lipinski definition) is 0. The van der Waals surface area contributed by atoms with E-state index in [4.69, 9.17) is 18.8 Å². The molecule has 0 aliphatic heterocycles. The Kier molecular flexibility index (Phi) is 11.5. The molecule has 3 heteroatoms. The fourth-order valence-corrected chi connectivity index (χ4v) is 0.860. The van der Waals surface area contributed by atoms with E-state index in [1.165, 1.54) is 19.3 Å². The molecule has 0 spiro atoms. The van der Waals surface area contributed by atoms with Gasteiger partial charge in [-0.25, -0.2) is 0 Å². The second kappa shape index (κ2) is 10.7. The standard InChI is InChI=1S/C8H12.2ClH.Pt/c1-2-4-6-8-7-5-3-1;;;/h1-2,5,7H,3-4,6,8H2;2*1H;/q;;;+2/p-2/b2-1-,7-5?;;;. The third kappa shape index (κ3) is 10.7. The fourth-order valence-electron chi connectivity index (χ4n) is 0.860. The van der Waals surface area contributed by atoms with Crippen LogP contribution >= 0.6 is 18.8 Å². The Balaban J connectivity index is 0.000000292. The first kappa shape index (κ1) is 11.7. The maximum absolute atomic E-state index is 4.88. The summed E-state index contributed by atoms with van der Waals surface area (Å²) < 4.78 is 0. The van der Waals surface area contributed by atoms with E-state index in [-0.39, 0.29) is 0 Å². The van der Waals surface area contributed by atoms with Crippen LogP contribution in [0.3, 0.4) is 0 Å². The number of halogens is 2. The molecule has 0 aromatic carbocycles. The molecular formula is C8H12Cl2Pt. The topological polar surface area (TPSA) is 0 Å². The molecule has 0 unspecified atom stereocenters. The van der Waals surface area contributed by atoms with Crippen LogP contribution in [0.4, 0.5) is 0 Å². The van der Waals surface area contributed by atoms with Crippen molar-refractivity contribution in [1.82, 2.24) is 0 Å². The van der Waals surface area contributed by atoms with E-state index in [1.807, 2.05) is 0 Å². The molecule has 68 valence electrons. The molecule has 0 bridgehead atoms.